The average Bonchev–Trinajstić information content (AvgIpc) is 2.40. The number of hydrogen-bond acceptors (Lipinski definition) is 1. The molecule has 0 saturated carbocycles. The van der Waals surface area contributed by atoms with Crippen molar-refractivity contribution in [1.29, 1.82) is 0 Å². The second kappa shape index (κ2) is 5.83. The van der Waals surface area contributed by atoms with Gasteiger partial charge in [0.05, 0.1) is 5.02 Å². The van der Waals surface area contributed by atoms with Crippen LogP contribution in [0.1, 0.15) is 28.4 Å². The van der Waals surface area contributed by atoms with Gasteiger partial charge in [-0.15, -0.1) is 0 Å². The summed E-state index contributed by atoms with van der Waals surface area (Å²) in [4.78, 5) is 12.2. The third kappa shape index (κ3) is 2.99. The lowest BCUT2D eigenvalue weighted by Gasteiger charge is -2.06. The van der Waals surface area contributed by atoms with Gasteiger partial charge in [0.15, 0.2) is 5.78 Å². The Labute approximate surface area is 112 Å². The summed E-state index contributed by atoms with van der Waals surface area (Å²) in [5.74, 6) is 0.0708. The van der Waals surface area contributed by atoms with Crippen molar-refractivity contribution in [3.8, 4) is 0 Å². The Morgan fingerprint density at radius 2 is 1.78 bits per heavy atom. The lowest BCUT2D eigenvalue weighted by molar-refractivity contribution is 0.0993. The molecule has 2 aromatic rings. The summed E-state index contributed by atoms with van der Waals surface area (Å²) in [7, 11) is 0. The Bertz CT molecular complexity index is 546. The number of Topliss-reactive ketones (excluding diaryl/α,β-unsaturated/α-hetero) is 1. The first kappa shape index (κ1) is 12.8. The first-order chi connectivity index (χ1) is 8.70. The summed E-state index contributed by atoms with van der Waals surface area (Å²) in [6.07, 6.45) is 1.30. The van der Waals surface area contributed by atoms with Crippen molar-refractivity contribution in [3.63, 3.8) is 0 Å². The van der Waals surface area contributed by atoms with Gasteiger partial charge in [-0.3, -0.25) is 4.79 Å². The maximum Gasteiger partial charge on any atom is 0.168 e. The quantitative estimate of drug-likeness (QED) is 0.746. The second-order valence-corrected chi connectivity index (χ2v) is 4.66. The Morgan fingerprint density at radius 1 is 1.06 bits per heavy atom. The van der Waals surface area contributed by atoms with Crippen molar-refractivity contribution in [2.24, 2.45) is 0 Å². The maximum atomic E-state index is 12.2. The van der Waals surface area contributed by atoms with Crippen molar-refractivity contribution >= 4 is 17.4 Å². The molecule has 0 saturated heterocycles. The molecule has 2 aromatic carbocycles. The second-order valence-electron chi connectivity index (χ2n) is 4.25. The summed E-state index contributed by atoms with van der Waals surface area (Å²) >= 11 is 6.09. The Hall–Kier alpha value is -1.60. The molecule has 0 spiro atoms. The third-order valence-electron chi connectivity index (χ3n) is 2.95. The highest BCUT2D eigenvalue weighted by Gasteiger charge is 2.11. The van der Waals surface area contributed by atoms with E-state index in [9.17, 15) is 4.79 Å². The predicted octanol–water partition coefficient (Wildman–Crippen LogP) is 4.33. The van der Waals surface area contributed by atoms with Crippen LogP contribution in [0.5, 0.6) is 0 Å². The predicted molar refractivity (Wildman–Crippen MR) is 75.3 cm³/mol. The highest BCUT2D eigenvalue weighted by Crippen LogP contribution is 2.20. The molecule has 0 aromatic heterocycles. The van der Waals surface area contributed by atoms with E-state index in [1.165, 1.54) is 0 Å². The van der Waals surface area contributed by atoms with E-state index >= 15 is 0 Å². The molecule has 1 nitrogen and oxygen atoms in total. The van der Waals surface area contributed by atoms with Crippen LogP contribution in [0.2, 0.25) is 5.02 Å². The molecule has 92 valence electrons. The van der Waals surface area contributed by atoms with Gasteiger partial charge in [0.1, 0.15) is 0 Å². The molecule has 18 heavy (non-hydrogen) atoms. The van der Waals surface area contributed by atoms with Gasteiger partial charge < -0.3 is 0 Å². The number of hydrogen-bond donors (Lipinski definition) is 0. The normalized spacial score (nSPS) is 10.3. The van der Waals surface area contributed by atoms with Crippen molar-refractivity contribution < 1.29 is 4.79 Å². The van der Waals surface area contributed by atoms with E-state index in [0.717, 1.165) is 17.5 Å². The highest BCUT2D eigenvalue weighted by atomic mass is 35.5. The fourth-order valence-corrected chi connectivity index (χ4v) is 2.11. The van der Waals surface area contributed by atoms with Crippen LogP contribution in [-0.2, 0) is 12.8 Å². The SMILES string of the molecule is CCc1ccc(Cl)c(C(=O)Cc2ccccc2)c1. The molecule has 0 amide bonds. The molecular formula is C16H15ClO. The van der Waals surface area contributed by atoms with Crippen molar-refractivity contribution in [2.75, 3.05) is 0 Å². The summed E-state index contributed by atoms with van der Waals surface area (Å²) in [5.41, 5.74) is 2.77. The van der Waals surface area contributed by atoms with E-state index in [1.54, 1.807) is 6.07 Å². The molecule has 2 rings (SSSR count). The first-order valence-corrected chi connectivity index (χ1v) is 6.44. The number of carbonyl (C=O) groups excluding carboxylic acids is 1. The van der Waals surface area contributed by atoms with Crippen LogP contribution in [-0.4, -0.2) is 5.78 Å². The number of carbonyl (C=O) groups is 1. The number of rotatable bonds is 4. The lowest BCUT2D eigenvalue weighted by Crippen LogP contribution is -2.05. The number of aryl methyl sites for hydroxylation is 1. The largest absolute Gasteiger partial charge is 0.294 e. The molecule has 0 aliphatic rings. The van der Waals surface area contributed by atoms with Crippen molar-refractivity contribution in [2.45, 2.75) is 19.8 Å². The lowest BCUT2D eigenvalue weighted by atomic mass is 10.0. The molecule has 0 atom stereocenters. The van der Waals surface area contributed by atoms with Crippen LogP contribution in [0.25, 0.3) is 0 Å². The van der Waals surface area contributed by atoms with E-state index in [-0.39, 0.29) is 5.78 Å². The minimum Gasteiger partial charge on any atom is -0.294 e. The standard InChI is InChI=1S/C16H15ClO/c1-2-12-8-9-15(17)14(10-12)16(18)11-13-6-4-3-5-7-13/h3-10H,2,11H2,1H3. The van der Waals surface area contributed by atoms with Gasteiger partial charge in [-0.2, -0.15) is 0 Å². The fraction of sp³-hybridized carbons (Fsp3) is 0.188. The van der Waals surface area contributed by atoms with E-state index in [2.05, 4.69) is 6.92 Å². The minimum atomic E-state index is 0.0708. The Balaban J connectivity index is 2.23. The van der Waals surface area contributed by atoms with Gasteiger partial charge in [0, 0.05) is 12.0 Å². The van der Waals surface area contributed by atoms with Gasteiger partial charge in [-0.05, 0) is 29.7 Å². The van der Waals surface area contributed by atoms with Crippen molar-refractivity contribution in [3.05, 3.63) is 70.2 Å². The Kier molecular flexibility index (Phi) is 4.16. The van der Waals surface area contributed by atoms with Crippen LogP contribution in [0.15, 0.2) is 48.5 Å². The first-order valence-electron chi connectivity index (χ1n) is 6.06. The van der Waals surface area contributed by atoms with Gasteiger partial charge in [-0.25, -0.2) is 0 Å². The molecule has 0 unspecified atom stereocenters. The van der Waals surface area contributed by atoms with Crippen molar-refractivity contribution in [1.82, 2.24) is 0 Å². The van der Waals surface area contributed by atoms with Gasteiger partial charge in [0.2, 0.25) is 0 Å². The van der Waals surface area contributed by atoms with Gasteiger partial charge in [-0.1, -0.05) is 54.9 Å². The molecule has 0 aliphatic carbocycles. The fourth-order valence-electron chi connectivity index (χ4n) is 1.88. The molecule has 0 aliphatic heterocycles. The Morgan fingerprint density at radius 3 is 2.44 bits per heavy atom. The number of benzene rings is 2. The highest BCUT2D eigenvalue weighted by molar-refractivity contribution is 6.34. The summed E-state index contributed by atoms with van der Waals surface area (Å²) in [6, 6.07) is 15.4. The van der Waals surface area contributed by atoms with E-state index in [1.807, 2.05) is 42.5 Å². The van der Waals surface area contributed by atoms with Crippen LogP contribution < -0.4 is 0 Å². The van der Waals surface area contributed by atoms with Gasteiger partial charge >= 0.3 is 0 Å². The summed E-state index contributed by atoms with van der Waals surface area (Å²) in [5, 5.41) is 0.535. The van der Waals surface area contributed by atoms with Crippen LogP contribution in [0.4, 0.5) is 0 Å². The number of ketones is 1. The molecule has 0 bridgehead atoms. The molecule has 0 heterocycles. The topological polar surface area (TPSA) is 17.1 Å². The number of halogens is 1. The maximum absolute atomic E-state index is 12.2. The average molecular weight is 259 g/mol. The third-order valence-corrected chi connectivity index (χ3v) is 3.28. The van der Waals surface area contributed by atoms with Crippen LogP contribution in [0, 0.1) is 0 Å². The molecule has 0 radical (unpaired) electrons. The zero-order valence-electron chi connectivity index (χ0n) is 10.3. The van der Waals surface area contributed by atoms with Crippen LogP contribution >= 0.6 is 11.6 Å². The van der Waals surface area contributed by atoms with E-state index < -0.39 is 0 Å². The molecular weight excluding hydrogens is 244 g/mol. The minimum absolute atomic E-state index is 0.0708. The van der Waals surface area contributed by atoms with Gasteiger partial charge in [0.25, 0.3) is 0 Å². The summed E-state index contributed by atoms with van der Waals surface area (Å²) < 4.78 is 0. The van der Waals surface area contributed by atoms with Crippen LogP contribution in [0.3, 0.4) is 0 Å². The molecule has 0 fully saturated rings. The zero-order valence-corrected chi connectivity index (χ0v) is 11.1. The zero-order chi connectivity index (χ0) is 13.0. The monoisotopic (exact) mass is 258 g/mol. The van der Waals surface area contributed by atoms with E-state index in [4.69, 9.17) is 11.6 Å². The summed E-state index contributed by atoms with van der Waals surface area (Å²) in [6.45, 7) is 2.06. The molecule has 0 N–H and O–H groups in total. The smallest absolute Gasteiger partial charge is 0.168 e. The molecule has 2 heteroatoms. The van der Waals surface area contributed by atoms with E-state index in [0.29, 0.717) is 17.0 Å².